The molecule has 39 heavy (non-hydrogen) atoms. The zero-order chi connectivity index (χ0) is 27.4. The molecule has 1 aliphatic heterocycles. The lowest BCUT2D eigenvalue weighted by molar-refractivity contribution is 0.102. The molecule has 2 aliphatic carbocycles. The minimum atomic E-state index is -0.246. The lowest BCUT2D eigenvalue weighted by Gasteiger charge is -2.46. The van der Waals surface area contributed by atoms with Gasteiger partial charge in [0.2, 0.25) is 0 Å². The van der Waals surface area contributed by atoms with Crippen molar-refractivity contribution in [1.82, 2.24) is 25.1 Å². The molecule has 2 aromatic heterocycles. The van der Waals surface area contributed by atoms with Gasteiger partial charge in [-0.2, -0.15) is 0 Å². The minimum Gasteiger partial charge on any atom is -0.490 e. The van der Waals surface area contributed by atoms with E-state index in [1.165, 1.54) is 19.3 Å². The zero-order valence-corrected chi connectivity index (χ0v) is 23.8. The fourth-order valence-electron chi connectivity index (χ4n) is 6.71. The van der Waals surface area contributed by atoms with Crippen molar-refractivity contribution in [3.8, 4) is 5.75 Å². The second-order valence-corrected chi connectivity index (χ2v) is 13.2. The Labute approximate surface area is 231 Å². The molecular formula is C31H40N6O2. The summed E-state index contributed by atoms with van der Waals surface area (Å²) >= 11 is 0. The van der Waals surface area contributed by atoms with E-state index in [9.17, 15) is 4.79 Å². The van der Waals surface area contributed by atoms with Crippen LogP contribution in [0.4, 0.5) is 5.69 Å². The highest BCUT2D eigenvalue weighted by atomic mass is 16.5. The summed E-state index contributed by atoms with van der Waals surface area (Å²) in [4.78, 5) is 18.4. The van der Waals surface area contributed by atoms with Crippen LogP contribution in [0, 0.1) is 11.3 Å². The first kappa shape index (κ1) is 26.0. The van der Waals surface area contributed by atoms with Crippen LogP contribution in [0.3, 0.4) is 0 Å². The van der Waals surface area contributed by atoms with E-state index in [2.05, 4.69) is 60.7 Å². The molecule has 3 aromatic rings. The van der Waals surface area contributed by atoms with Crippen molar-refractivity contribution in [3.63, 3.8) is 0 Å². The number of pyridine rings is 1. The third kappa shape index (κ3) is 4.62. The van der Waals surface area contributed by atoms with Crippen molar-refractivity contribution in [2.75, 3.05) is 18.5 Å². The Morgan fingerprint density at radius 3 is 2.64 bits per heavy atom. The Morgan fingerprint density at radius 2 is 1.97 bits per heavy atom. The molecule has 0 saturated heterocycles. The van der Waals surface area contributed by atoms with E-state index in [0.717, 1.165) is 53.5 Å². The molecule has 0 unspecified atom stereocenters. The maximum Gasteiger partial charge on any atom is 0.274 e. The molecule has 206 valence electrons. The molecule has 6 rings (SSSR count). The highest BCUT2D eigenvalue weighted by molar-refractivity contribution is 6.03. The smallest absolute Gasteiger partial charge is 0.274 e. The maximum absolute atomic E-state index is 13.6. The molecule has 0 atom stereocenters. The van der Waals surface area contributed by atoms with E-state index in [4.69, 9.17) is 9.72 Å². The van der Waals surface area contributed by atoms with E-state index < -0.39 is 0 Å². The number of benzene rings is 1. The van der Waals surface area contributed by atoms with Crippen molar-refractivity contribution in [2.24, 2.45) is 18.4 Å². The van der Waals surface area contributed by atoms with Gasteiger partial charge in [0, 0.05) is 36.8 Å². The molecule has 2 N–H and O–H groups in total. The normalized spacial score (nSPS) is 24.3. The first-order valence-corrected chi connectivity index (χ1v) is 14.2. The first-order valence-electron chi connectivity index (χ1n) is 14.2. The van der Waals surface area contributed by atoms with Crippen molar-refractivity contribution < 1.29 is 9.53 Å². The van der Waals surface area contributed by atoms with Crippen LogP contribution < -0.4 is 15.4 Å². The SMILES string of the molecule is CC1CC(c2cccc(NC(=O)c3cc(CNCC4(C)CCC4)c4c(n3)C(C)(C)CO4)c2)(c2nncn2C)C1. The summed E-state index contributed by atoms with van der Waals surface area (Å²) in [6.45, 7) is 11.0. The maximum atomic E-state index is 13.6. The molecule has 2 saturated carbocycles. The molecule has 8 heteroatoms. The van der Waals surface area contributed by atoms with E-state index in [0.29, 0.717) is 30.2 Å². The predicted octanol–water partition coefficient (Wildman–Crippen LogP) is 5.13. The second-order valence-electron chi connectivity index (χ2n) is 13.2. The number of hydrogen-bond acceptors (Lipinski definition) is 6. The Bertz CT molecular complexity index is 1400. The second kappa shape index (κ2) is 9.44. The molecule has 1 amide bonds. The monoisotopic (exact) mass is 528 g/mol. The number of hydrogen-bond donors (Lipinski definition) is 2. The summed E-state index contributed by atoms with van der Waals surface area (Å²) in [5.74, 6) is 2.20. The zero-order valence-electron chi connectivity index (χ0n) is 23.8. The number of ether oxygens (including phenoxy) is 1. The minimum absolute atomic E-state index is 0.186. The van der Waals surface area contributed by atoms with Gasteiger partial charge < -0.3 is 19.9 Å². The molecule has 0 radical (unpaired) electrons. The van der Waals surface area contributed by atoms with Crippen LogP contribution in [0.1, 0.15) is 92.9 Å². The predicted molar refractivity (Wildman–Crippen MR) is 151 cm³/mol. The molecule has 0 bridgehead atoms. The van der Waals surface area contributed by atoms with Gasteiger partial charge in [-0.25, -0.2) is 4.98 Å². The molecule has 3 aliphatic rings. The molecular weight excluding hydrogens is 488 g/mol. The third-order valence-corrected chi connectivity index (χ3v) is 9.14. The third-order valence-electron chi connectivity index (χ3n) is 9.14. The number of nitrogens with one attached hydrogen (secondary N) is 2. The Morgan fingerprint density at radius 1 is 1.18 bits per heavy atom. The number of amides is 1. The van der Waals surface area contributed by atoms with Crippen molar-refractivity contribution in [2.45, 2.75) is 77.2 Å². The quantitative estimate of drug-likeness (QED) is 0.421. The summed E-state index contributed by atoms with van der Waals surface area (Å²) in [7, 11) is 2.00. The van der Waals surface area contributed by atoms with Crippen LogP contribution in [0.25, 0.3) is 0 Å². The van der Waals surface area contributed by atoms with Gasteiger partial charge in [-0.05, 0) is 60.8 Å². The number of nitrogens with zero attached hydrogens (tertiary/aromatic N) is 4. The van der Waals surface area contributed by atoms with Crippen LogP contribution in [0.2, 0.25) is 0 Å². The Kier molecular flexibility index (Phi) is 6.29. The van der Waals surface area contributed by atoms with Crippen LogP contribution in [0.15, 0.2) is 36.7 Å². The Hall–Kier alpha value is -3.26. The van der Waals surface area contributed by atoms with Gasteiger partial charge in [-0.15, -0.1) is 10.2 Å². The number of aromatic nitrogens is 4. The van der Waals surface area contributed by atoms with Gasteiger partial charge in [0.15, 0.2) is 0 Å². The van der Waals surface area contributed by atoms with Crippen molar-refractivity contribution in [1.29, 1.82) is 0 Å². The van der Waals surface area contributed by atoms with Gasteiger partial charge >= 0.3 is 0 Å². The van der Waals surface area contributed by atoms with Crippen molar-refractivity contribution >= 4 is 11.6 Å². The summed E-state index contributed by atoms with van der Waals surface area (Å²) in [5, 5.41) is 15.4. The standard InChI is InChI=1S/C31H40N6O2/c1-20-14-31(15-20,28-36-33-19-37(28)5)22-8-6-9-23(13-22)34-27(38)24-12-21(16-32-17-30(4)10-7-11-30)25-26(35-24)29(2,3)18-39-25/h6,8-9,12-13,19-20,32H,7,10-11,14-18H2,1-5H3,(H,34,38). The molecule has 2 fully saturated rings. The Balaban J connectivity index is 1.25. The number of rotatable bonds is 8. The average molecular weight is 529 g/mol. The largest absolute Gasteiger partial charge is 0.490 e. The highest BCUT2D eigenvalue weighted by Crippen LogP contribution is 2.51. The summed E-state index contributed by atoms with van der Waals surface area (Å²) in [6.07, 6.45) is 7.62. The fourth-order valence-corrected chi connectivity index (χ4v) is 6.71. The van der Waals surface area contributed by atoms with Crippen LogP contribution in [0.5, 0.6) is 5.75 Å². The summed E-state index contributed by atoms with van der Waals surface area (Å²) in [6, 6.07) is 10.1. The molecule has 8 nitrogen and oxygen atoms in total. The van der Waals surface area contributed by atoms with Gasteiger partial charge in [0.1, 0.15) is 23.6 Å². The number of carbonyl (C=O) groups excluding carboxylic acids is 1. The van der Waals surface area contributed by atoms with E-state index in [1.54, 1.807) is 6.33 Å². The first-order chi connectivity index (χ1) is 18.6. The fraction of sp³-hybridized carbons (Fsp3) is 0.548. The number of carbonyl (C=O) groups is 1. The average Bonchev–Trinajstić information content (AvgIpc) is 3.43. The lowest BCUT2D eigenvalue weighted by atomic mass is 9.58. The molecule has 0 spiro atoms. The topological polar surface area (TPSA) is 94.0 Å². The lowest BCUT2D eigenvalue weighted by Crippen LogP contribution is -2.43. The number of fused-ring (bicyclic) bond motifs is 1. The molecule has 3 heterocycles. The van der Waals surface area contributed by atoms with E-state index >= 15 is 0 Å². The van der Waals surface area contributed by atoms with Crippen LogP contribution in [-0.4, -0.2) is 38.8 Å². The van der Waals surface area contributed by atoms with Gasteiger partial charge in [-0.1, -0.05) is 46.2 Å². The van der Waals surface area contributed by atoms with Crippen molar-refractivity contribution in [3.05, 3.63) is 65.0 Å². The highest BCUT2D eigenvalue weighted by Gasteiger charge is 2.48. The molecule has 1 aromatic carbocycles. The summed E-state index contributed by atoms with van der Waals surface area (Å²) in [5.41, 5.74) is 4.14. The van der Waals surface area contributed by atoms with Gasteiger partial charge in [0.05, 0.1) is 17.7 Å². The number of anilines is 1. The summed E-state index contributed by atoms with van der Waals surface area (Å²) < 4.78 is 8.11. The van der Waals surface area contributed by atoms with Crippen LogP contribution >= 0.6 is 0 Å². The van der Waals surface area contributed by atoms with Gasteiger partial charge in [0.25, 0.3) is 5.91 Å². The van der Waals surface area contributed by atoms with E-state index in [-0.39, 0.29) is 16.7 Å². The van der Waals surface area contributed by atoms with Crippen LogP contribution in [-0.2, 0) is 24.4 Å². The van der Waals surface area contributed by atoms with E-state index in [1.807, 2.05) is 29.8 Å². The number of aryl methyl sites for hydroxylation is 1. The van der Waals surface area contributed by atoms with Gasteiger partial charge in [-0.3, -0.25) is 4.79 Å².